The SMILES string of the molecule is NCc1c(F)cccc1SCc1ccccc1. The van der Waals surface area contributed by atoms with Crippen molar-refractivity contribution in [1.29, 1.82) is 0 Å². The molecule has 0 saturated carbocycles. The fourth-order valence-electron chi connectivity index (χ4n) is 1.61. The van der Waals surface area contributed by atoms with Crippen molar-refractivity contribution < 1.29 is 4.39 Å². The second kappa shape index (κ2) is 5.84. The van der Waals surface area contributed by atoms with Crippen molar-refractivity contribution >= 4 is 11.8 Å². The van der Waals surface area contributed by atoms with Gasteiger partial charge in [0.05, 0.1) is 0 Å². The van der Waals surface area contributed by atoms with Gasteiger partial charge in [-0.05, 0) is 17.7 Å². The highest BCUT2D eigenvalue weighted by atomic mass is 32.2. The van der Waals surface area contributed by atoms with Gasteiger partial charge in [-0.15, -0.1) is 11.8 Å². The maximum Gasteiger partial charge on any atom is 0.128 e. The van der Waals surface area contributed by atoms with Crippen LogP contribution in [0.15, 0.2) is 53.4 Å². The molecule has 0 spiro atoms. The van der Waals surface area contributed by atoms with E-state index >= 15 is 0 Å². The molecule has 2 aromatic rings. The summed E-state index contributed by atoms with van der Waals surface area (Å²) in [4.78, 5) is 0.927. The van der Waals surface area contributed by atoms with Gasteiger partial charge in [-0.25, -0.2) is 4.39 Å². The Balaban J connectivity index is 2.12. The summed E-state index contributed by atoms with van der Waals surface area (Å²) in [6.07, 6.45) is 0. The molecule has 0 unspecified atom stereocenters. The molecule has 0 atom stereocenters. The van der Waals surface area contributed by atoms with Crippen LogP contribution in [-0.2, 0) is 12.3 Å². The summed E-state index contributed by atoms with van der Waals surface area (Å²) < 4.78 is 13.5. The second-order valence-electron chi connectivity index (χ2n) is 3.69. The molecule has 0 aliphatic rings. The summed E-state index contributed by atoms with van der Waals surface area (Å²) in [5.74, 6) is 0.614. The summed E-state index contributed by atoms with van der Waals surface area (Å²) >= 11 is 1.62. The van der Waals surface area contributed by atoms with Crippen LogP contribution in [0, 0.1) is 5.82 Å². The molecule has 2 aromatic carbocycles. The first kappa shape index (κ1) is 12.1. The van der Waals surface area contributed by atoms with Gasteiger partial charge in [-0.1, -0.05) is 36.4 Å². The molecule has 2 N–H and O–H groups in total. The summed E-state index contributed by atoms with van der Waals surface area (Å²) in [6, 6.07) is 15.2. The van der Waals surface area contributed by atoms with Crippen LogP contribution in [0.4, 0.5) is 4.39 Å². The predicted molar refractivity (Wildman–Crippen MR) is 70.3 cm³/mol. The number of hydrogen-bond acceptors (Lipinski definition) is 2. The third-order valence-corrected chi connectivity index (χ3v) is 3.69. The van der Waals surface area contributed by atoms with Crippen LogP contribution >= 0.6 is 11.8 Å². The molecule has 88 valence electrons. The van der Waals surface area contributed by atoms with Gasteiger partial charge in [-0.2, -0.15) is 0 Å². The van der Waals surface area contributed by atoms with E-state index in [4.69, 9.17) is 5.73 Å². The first-order valence-corrected chi connectivity index (χ1v) is 6.44. The normalized spacial score (nSPS) is 10.5. The molecule has 2 rings (SSSR count). The molecule has 0 fully saturated rings. The Labute approximate surface area is 105 Å². The van der Waals surface area contributed by atoms with Crippen molar-refractivity contribution in [2.75, 3.05) is 0 Å². The van der Waals surface area contributed by atoms with E-state index in [9.17, 15) is 4.39 Å². The van der Waals surface area contributed by atoms with E-state index in [-0.39, 0.29) is 12.4 Å². The van der Waals surface area contributed by atoms with E-state index in [1.54, 1.807) is 17.8 Å². The van der Waals surface area contributed by atoms with Crippen LogP contribution in [0.5, 0.6) is 0 Å². The Morgan fingerprint density at radius 2 is 1.76 bits per heavy atom. The Morgan fingerprint density at radius 1 is 1.00 bits per heavy atom. The lowest BCUT2D eigenvalue weighted by atomic mass is 10.2. The molecule has 0 aliphatic heterocycles. The van der Waals surface area contributed by atoms with Crippen LogP contribution in [0.2, 0.25) is 0 Å². The van der Waals surface area contributed by atoms with Gasteiger partial charge in [0.25, 0.3) is 0 Å². The molecule has 0 heterocycles. The molecule has 0 radical (unpaired) electrons. The minimum atomic E-state index is -0.217. The lowest BCUT2D eigenvalue weighted by Crippen LogP contribution is -2.01. The van der Waals surface area contributed by atoms with Crippen LogP contribution in [0.1, 0.15) is 11.1 Å². The number of nitrogens with two attached hydrogens (primary N) is 1. The number of benzene rings is 2. The van der Waals surface area contributed by atoms with E-state index in [0.717, 1.165) is 10.6 Å². The highest BCUT2D eigenvalue weighted by Crippen LogP contribution is 2.27. The van der Waals surface area contributed by atoms with Crippen LogP contribution in [-0.4, -0.2) is 0 Å². The van der Waals surface area contributed by atoms with E-state index in [0.29, 0.717) is 5.56 Å². The smallest absolute Gasteiger partial charge is 0.128 e. The van der Waals surface area contributed by atoms with Crippen molar-refractivity contribution in [3.05, 3.63) is 65.5 Å². The van der Waals surface area contributed by atoms with Gasteiger partial charge in [0, 0.05) is 22.8 Å². The van der Waals surface area contributed by atoms with Crippen molar-refractivity contribution in [1.82, 2.24) is 0 Å². The zero-order valence-electron chi connectivity index (χ0n) is 9.40. The van der Waals surface area contributed by atoms with E-state index < -0.39 is 0 Å². The first-order valence-electron chi connectivity index (χ1n) is 5.45. The maximum atomic E-state index is 13.5. The Morgan fingerprint density at radius 3 is 2.47 bits per heavy atom. The molecule has 3 heteroatoms. The Kier molecular flexibility index (Phi) is 4.18. The van der Waals surface area contributed by atoms with Crippen molar-refractivity contribution in [3.63, 3.8) is 0 Å². The average Bonchev–Trinajstić information content (AvgIpc) is 2.37. The number of hydrogen-bond donors (Lipinski definition) is 1. The molecule has 0 saturated heterocycles. The van der Waals surface area contributed by atoms with Crippen LogP contribution in [0.3, 0.4) is 0 Å². The number of halogens is 1. The molecule has 17 heavy (non-hydrogen) atoms. The lowest BCUT2D eigenvalue weighted by Gasteiger charge is -2.08. The zero-order chi connectivity index (χ0) is 12.1. The van der Waals surface area contributed by atoms with Gasteiger partial charge in [0.15, 0.2) is 0 Å². The summed E-state index contributed by atoms with van der Waals surface area (Å²) in [5, 5.41) is 0. The molecule has 0 aromatic heterocycles. The molecular formula is C14H14FNS. The topological polar surface area (TPSA) is 26.0 Å². The maximum absolute atomic E-state index is 13.5. The first-order chi connectivity index (χ1) is 8.31. The monoisotopic (exact) mass is 247 g/mol. The summed E-state index contributed by atoms with van der Waals surface area (Å²) in [7, 11) is 0. The summed E-state index contributed by atoms with van der Waals surface area (Å²) in [5.41, 5.74) is 7.40. The standard InChI is InChI=1S/C14H14FNS/c15-13-7-4-8-14(12(13)9-16)17-10-11-5-2-1-3-6-11/h1-8H,9-10,16H2. The van der Waals surface area contributed by atoms with Crippen LogP contribution < -0.4 is 5.73 Å². The Hall–Kier alpha value is -1.32. The third-order valence-electron chi connectivity index (χ3n) is 2.52. The minimum Gasteiger partial charge on any atom is -0.326 e. The van der Waals surface area contributed by atoms with Crippen molar-refractivity contribution in [2.24, 2.45) is 5.73 Å². The highest BCUT2D eigenvalue weighted by molar-refractivity contribution is 7.98. The number of thioether (sulfide) groups is 1. The average molecular weight is 247 g/mol. The summed E-state index contributed by atoms with van der Waals surface area (Å²) in [6.45, 7) is 0.240. The van der Waals surface area contributed by atoms with E-state index in [1.165, 1.54) is 11.6 Å². The zero-order valence-corrected chi connectivity index (χ0v) is 10.2. The van der Waals surface area contributed by atoms with E-state index in [2.05, 4.69) is 12.1 Å². The van der Waals surface area contributed by atoms with Crippen molar-refractivity contribution in [3.8, 4) is 0 Å². The molecule has 0 aliphatic carbocycles. The van der Waals surface area contributed by atoms with E-state index in [1.807, 2.05) is 24.3 Å². The van der Waals surface area contributed by atoms with Gasteiger partial charge in [0.1, 0.15) is 5.82 Å². The van der Waals surface area contributed by atoms with Gasteiger partial charge < -0.3 is 5.73 Å². The fraction of sp³-hybridized carbons (Fsp3) is 0.143. The van der Waals surface area contributed by atoms with Gasteiger partial charge >= 0.3 is 0 Å². The van der Waals surface area contributed by atoms with Gasteiger partial charge in [0.2, 0.25) is 0 Å². The van der Waals surface area contributed by atoms with Crippen LogP contribution in [0.25, 0.3) is 0 Å². The number of rotatable bonds is 4. The Bertz CT molecular complexity index is 485. The molecule has 0 bridgehead atoms. The molecular weight excluding hydrogens is 233 g/mol. The van der Waals surface area contributed by atoms with Crippen molar-refractivity contribution in [2.45, 2.75) is 17.2 Å². The van der Waals surface area contributed by atoms with Gasteiger partial charge in [-0.3, -0.25) is 0 Å². The molecule has 1 nitrogen and oxygen atoms in total. The third kappa shape index (κ3) is 3.08. The minimum absolute atomic E-state index is 0.217. The quantitative estimate of drug-likeness (QED) is 0.836. The largest absolute Gasteiger partial charge is 0.326 e. The fourth-order valence-corrected chi connectivity index (χ4v) is 2.65. The predicted octanol–water partition coefficient (Wildman–Crippen LogP) is 3.58. The highest BCUT2D eigenvalue weighted by Gasteiger charge is 2.06. The molecule has 0 amide bonds. The lowest BCUT2D eigenvalue weighted by molar-refractivity contribution is 0.604. The second-order valence-corrected chi connectivity index (χ2v) is 4.71.